The summed E-state index contributed by atoms with van der Waals surface area (Å²) in [5, 5.41) is 17.8. The SMILES string of the molecule is OCc1nnc(CC2CCCC2)n1-c1ccccc1. The normalized spacial score (nSPS) is 16.1. The number of aromatic nitrogens is 3. The molecule has 1 heterocycles. The quantitative estimate of drug-likeness (QED) is 0.915. The summed E-state index contributed by atoms with van der Waals surface area (Å²) in [4.78, 5) is 0. The lowest BCUT2D eigenvalue weighted by molar-refractivity contribution is 0.268. The van der Waals surface area contributed by atoms with Crippen LogP contribution in [0.2, 0.25) is 0 Å². The van der Waals surface area contributed by atoms with E-state index in [-0.39, 0.29) is 6.61 Å². The van der Waals surface area contributed by atoms with Gasteiger partial charge in [-0.25, -0.2) is 0 Å². The highest BCUT2D eigenvalue weighted by molar-refractivity contribution is 5.34. The molecule has 1 aromatic carbocycles. The first-order chi connectivity index (χ1) is 9.38. The Morgan fingerprint density at radius 2 is 1.74 bits per heavy atom. The molecule has 4 nitrogen and oxygen atoms in total. The molecule has 0 unspecified atom stereocenters. The van der Waals surface area contributed by atoms with E-state index in [2.05, 4.69) is 10.2 Å². The molecular formula is C15H19N3O. The third-order valence-corrected chi connectivity index (χ3v) is 3.90. The Balaban J connectivity index is 1.93. The lowest BCUT2D eigenvalue weighted by Crippen LogP contribution is -2.09. The summed E-state index contributed by atoms with van der Waals surface area (Å²) in [5.41, 5.74) is 1.03. The van der Waals surface area contributed by atoms with Crippen molar-refractivity contribution in [1.29, 1.82) is 0 Å². The summed E-state index contributed by atoms with van der Waals surface area (Å²) >= 11 is 0. The topological polar surface area (TPSA) is 50.9 Å². The zero-order chi connectivity index (χ0) is 13.1. The van der Waals surface area contributed by atoms with Crippen molar-refractivity contribution < 1.29 is 5.11 Å². The fourth-order valence-corrected chi connectivity index (χ4v) is 2.94. The van der Waals surface area contributed by atoms with E-state index in [4.69, 9.17) is 0 Å². The van der Waals surface area contributed by atoms with Crippen molar-refractivity contribution in [1.82, 2.24) is 14.8 Å². The van der Waals surface area contributed by atoms with Crippen LogP contribution in [0.3, 0.4) is 0 Å². The molecule has 3 rings (SSSR count). The summed E-state index contributed by atoms with van der Waals surface area (Å²) in [5.74, 6) is 2.32. The molecule has 1 fully saturated rings. The van der Waals surface area contributed by atoms with Gasteiger partial charge in [-0.3, -0.25) is 4.57 Å². The standard InChI is InChI=1S/C15H19N3O/c19-11-15-17-16-14(10-12-6-4-5-7-12)18(15)13-8-2-1-3-9-13/h1-3,8-9,12,19H,4-7,10-11H2. The van der Waals surface area contributed by atoms with Gasteiger partial charge in [-0.2, -0.15) is 0 Å². The summed E-state index contributed by atoms with van der Waals surface area (Å²) in [6.07, 6.45) is 6.20. The summed E-state index contributed by atoms with van der Waals surface area (Å²) in [7, 11) is 0. The van der Waals surface area contributed by atoms with Gasteiger partial charge in [-0.15, -0.1) is 10.2 Å². The van der Waals surface area contributed by atoms with Gasteiger partial charge in [0.2, 0.25) is 0 Å². The Labute approximate surface area is 113 Å². The van der Waals surface area contributed by atoms with Crippen molar-refractivity contribution in [3.05, 3.63) is 42.0 Å². The monoisotopic (exact) mass is 257 g/mol. The molecule has 0 spiro atoms. The molecule has 0 bridgehead atoms. The average molecular weight is 257 g/mol. The molecule has 0 saturated heterocycles. The van der Waals surface area contributed by atoms with E-state index in [1.165, 1.54) is 25.7 Å². The van der Waals surface area contributed by atoms with Gasteiger partial charge in [0.15, 0.2) is 5.82 Å². The van der Waals surface area contributed by atoms with E-state index in [0.717, 1.165) is 23.9 Å². The molecule has 100 valence electrons. The second-order valence-corrected chi connectivity index (χ2v) is 5.22. The van der Waals surface area contributed by atoms with Crippen LogP contribution in [0.25, 0.3) is 5.69 Å². The molecule has 0 amide bonds. The van der Waals surface area contributed by atoms with Gasteiger partial charge in [0, 0.05) is 12.1 Å². The number of aliphatic hydroxyl groups is 1. The van der Waals surface area contributed by atoms with Gasteiger partial charge in [0.25, 0.3) is 0 Å². The Morgan fingerprint density at radius 1 is 1.05 bits per heavy atom. The molecule has 1 saturated carbocycles. The van der Waals surface area contributed by atoms with Crippen LogP contribution in [0, 0.1) is 5.92 Å². The lowest BCUT2D eigenvalue weighted by atomic mass is 10.0. The van der Waals surface area contributed by atoms with Crippen LogP contribution in [-0.4, -0.2) is 19.9 Å². The molecule has 1 aliphatic carbocycles. The van der Waals surface area contributed by atoms with Crippen molar-refractivity contribution in [2.24, 2.45) is 5.92 Å². The molecule has 1 N–H and O–H groups in total. The highest BCUT2D eigenvalue weighted by Gasteiger charge is 2.20. The van der Waals surface area contributed by atoms with Gasteiger partial charge in [-0.05, 0) is 18.1 Å². The fraction of sp³-hybridized carbons (Fsp3) is 0.467. The van der Waals surface area contributed by atoms with Crippen molar-refractivity contribution in [3.63, 3.8) is 0 Å². The highest BCUT2D eigenvalue weighted by atomic mass is 16.3. The fourth-order valence-electron chi connectivity index (χ4n) is 2.94. The summed E-state index contributed by atoms with van der Waals surface area (Å²) < 4.78 is 2.00. The van der Waals surface area contributed by atoms with Crippen molar-refractivity contribution >= 4 is 0 Å². The lowest BCUT2D eigenvalue weighted by Gasteiger charge is -2.12. The van der Waals surface area contributed by atoms with Crippen LogP contribution in [0.4, 0.5) is 0 Å². The number of aliphatic hydroxyl groups excluding tert-OH is 1. The molecule has 2 aromatic rings. The zero-order valence-corrected chi connectivity index (χ0v) is 11.0. The maximum absolute atomic E-state index is 9.43. The zero-order valence-electron chi connectivity index (χ0n) is 11.0. The first-order valence-corrected chi connectivity index (χ1v) is 6.98. The first kappa shape index (κ1) is 12.4. The van der Waals surface area contributed by atoms with Crippen LogP contribution in [-0.2, 0) is 13.0 Å². The van der Waals surface area contributed by atoms with Crippen LogP contribution < -0.4 is 0 Å². The Morgan fingerprint density at radius 3 is 2.42 bits per heavy atom. The maximum Gasteiger partial charge on any atom is 0.163 e. The molecule has 4 heteroatoms. The predicted molar refractivity (Wildman–Crippen MR) is 72.9 cm³/mol. The molecule has 1 aliphatic rings. The minimum Gasteiger partial charge on any atom is -0.388 e. The van der Waals surface area contributed by atoms with Gasteiger partial charge in [-0.1, -0.05) is 43.9 Å². The van der Waals surface area contributed by atoms with Crippen LogP contribution in [0.5, 0.6) is 0 Å². The Bertz CT molecular complexity index is 530. The third-order valence-electron chi connectivity index (χ3n) is 3.90. The molecule has 0 atom stereocenters. The van der Waals surface area contributed by atoms with Crippen LogP contribution in [0.1, 0.15) is 37.3 Å². The first-order valence-electron chi connectivity index (χ1n) is 6.98. The van der Waals surface area contributed by atoms with E-state index in [1.54, 1.807) is 0 Å². The largest absolute Gasteiger partial charge is 0.388 e. The van der Waals surface area contributed by atoms with Crippen LogP contribution >= 0.6 is 0 Å². The highest BCUT2D eigenvalue weighted by Crippen LogP contribution is 2.28. The summed E-state index contributed by atoms with van der Waals surface area (Å²) in [6.45, 7) is -0.0768. The number of para-hydroxylation sites is 1. The van der Waals surface area contributed by atoms with Gasteiger partial charge >= 0.3 is 0 Å². The van der Waals surface area contributed by atoms with Gasteiger partial charge in [0.05, 0.1) is 0 Å². The predicted octanol–water partition coefficient (Wildman–Crippen LogP) is 2.49. The maximum atomic E-state index is 9.43. The summed E-state index contributed by atoms with van der Waals surface area (Å²) in [6, 6.07) is 10.0. The van der Waals surface area contributed by atoms with E-state index in [0.29, 0.717) is 5.82 Å². The number of nitrogens with zero attached hydrogens (tertiary/aromatic N) is 3. The number of benzene rings is 1. The smallest absolute Gasteiger partial charge is 0.163 e. The van der Waals surface area contributed by atoms with Crippen LogP contribution in [0.15, 0.2) is 30.3 Å². The Kier molecular flexibility index (Phi) is 3.60. The Hall–Kier alpha value is -1.68. The number of hydrogen-bond acceptors (Lipinski definition) is 3. The third kappa shape index (κ3) is 2.54. The molecule has 1 aromatic heterocycles. The second-order valence-electron chi connectivity index (χ2n) is 5.22. The molecule has 0 aliphatic heterocycles. The van der Waals surface area contributed by atoms with Gasteiger partial charge < -0.3 is 5.11 Å². The van der Waals surface area contributed by atoms with E-state index in [1.807, 2.05) is 34.9 Å². The van der Waals surface area contributed by atoms with Crippen molar-refractivity contribution in [2.45, 2.75) is 38.7 Å². The van der Waals surface area contributed by atoms with E-state index in [9.17, 15) is 5.11 Å². The second kappa shape index (κ2) is 5.53. The molecule has 0 radical (unpaired) electrons. The average Bonchev–Trinajstić information content (AvgIpc) is 3.09. The van der Waals surface area contributed by atoms with Gasteiger partial charge in [0.1, 0.15) is 12.4 Å². The minimum absolute atomic E-state index is 0.0768. The van der Waals surface area contributed by atoms with Crippen molar-refractivity contribution in [2.75, 3.05) is 0 Å². The van der Waals surface area contributed by atoms with Crippen molar-refractivity contribution in [3.8, 4) is 5.69 Å². The minimum atomic E-state index is -0.0768. The number of rotatable bonds is 4. The molecular weight excluding hydrogens is 238 g/mol. The molecule has 19 heavy (non-hydrogen) atoms. The van der Waals surface area contributed by atoms with E-state index >= 15 is 0 Å². The van der Waals surface area contributed by atoms with E-state index < -0.39 is 0 Å². The number of hydrogen-bond donors (Lipinski definition) is 1.